The molecule has 0 saturated carbocycles. The molecule has 1 amide bonds. The third-order valence-electron chi connectivity index (χ3n) is 4.61. The van der Waals surface area contributed by atoms with Gasteiger partial charge in [-0.25, -0.2) is 4.98 Å². The van der Waals surface area contributed by atoms with Crippen LogP contribution >= 0.6 is 0 Å². The van der Waals surface area contributed by atoms with Crippen molar-refractivity contribution >= 4 is 16.8 Å². The van der Waals surface area contributed by atoms with E-state index in [0.29, 0.717) is 37.9 Å². The van der Waals surface area contributed by atoms with E-state index in [0.717, 1.165) is 11.9 Å². The summed E-state index contributed by atoms with van der Waals surface area (Å²) in [7, 11) is 0. The predicted octanol–water partition coefficient (Wildman–Crippen LogP) is 2.80. The minimum Gasteiger partial charge on any atom is -0.448 e. The van der Waals surface area contributed by atoms with Crippen LogP contribution in [0.5, 0.6) is 0 Å². The van der Waals surface area contributed by atoms with E-state index in [1.165, 1.54) is 17.2 Å². The van der Waals surface area contributed by atoms with Gasteiger partial charge < -0.3 is 19.0 Å². The SMILES string of the molecule is Cc1nc(C(=O)N2CCOC[C@H](Cc3ccc4[nH]ccc4c3)C2)co1. The molecule has 130 valence electrons. The largest absolute Gasteiger partial charge is 0.448 e. The Morgan fingerprint density at radius 1 is 1.40 bits per heavy atom. The molecule has 0 unspecified atom stereocenters. The summed E-state index contributed by atoms with van der Waals surface area (Å²) in [5.41, 5.74) is 2.76. The maximum Gasteiger partial charge on any atom is 0.275 e. The molecule has 1 fully saturated rings. The number of fused-ring (bicyclic) bond motifs is 1. The van der Waals surface area contributed by atoms with Gasteiger partial charge in [0, 0.05) is 37.6 Å². The Labute approximate surface area is 145 Å². The lowest BCUT2D eigenvalue weighted by molar-refractivity contribution is 0.0731. The minimum atomic E-state index is -0.0894. The number of carbonyl (C=O) groups is 1. The number of nitrogens with one attached hydrogen (secondary N) is 1. The van der Waals surface area contributed by atoms with Crippen molar-refractivity contribution in [1.82, 2.24) is 14.9 Å². The van der Waals surface area contributed by atoms with Crippen LogP contribution in [0.25, 0.3) is 10.9 Å². The van der Waals surface area contributed by atoms with Crippen molar-refractivity contribution in [3.05, 3.63) is 53.9 Å². The normalized spacial score (nSPS) is 18.4. The molecule has 2 aromatic heterocycles. The van der Waals surface area contributed by atoms with Gasteiger partial charge in [0.25, 0.3) is 5.91 Å². The van der Waals surface area contributed by atoms with Crippen molar-refractivity contribution in [2.45, 2.75) is 13.3 Å². The molecule has 1 saturated heterocycles. The van der Waals surface area contributed by atoms with Crippen LogP contribution in [0, 0.1) is 12.8 Å². The van der Waals surface area contributed by atoms with Crippen LogP contribution in [0.4, 0.5) is 0 Å². The molecule has 6 heteroatoms. The Morgan fingerprint density at radius 2 is 2.32 bits per heavy atom. The van der Waals surface area contributed by atoms with E-state index >= 15 is 0 Å². The fourth-order valence-corrected chi connectivity index (χ4v) is 3.38. The Kier molecular flexibility index (Phi) is 4.28. The fraction of sp³-hybridized carbons (Fsp3) is 0.368. The average Bonchev–Trinajstić information content (AvgIpc) is 3.18. The smallest absolute Gasteiger partial charge is 0.275 e. The van der Waals surface area contributed by atoms with Crippen molar-refractivity contribution in [2.75, 3.05) is 26.3 Å². The topological polar surface area (TPSA) is 71.4 Å². The van der Waals surface area contributed by atoms with E-state index in [9.17, 15) is 4.79 Å². The van der Waals surface area contributed by atoms with Gasteiger partial charge in [-0.3, -0.25) is 4.79 Å². The molecule has 1 aliphatic heterocycles. The zero-order chi connectivity index (χ0) is 17.2. The highest BCUT2D eigenvalue weighted by molar-refractivity contribution is 5.92. The first-order chi connectivity index (χ1) is 12.2. The third kappa shape index (κ3) is 3.44. The maximum absolute atomic E-state index is 12.6. The summed E-state index contributed by atoms with van der Waals surface area (Å²) < 4.78 is 10.9. The molecule has 3 aromatic rings. The number of aryl methyl sites for hydroxylation is 1. The molecule has 4 rings (SSSR count). The van der Waals surface area contributed by atoms with Crippen LogP contribution in [0.15, 0.2) is 41.1 Å². The van der Waals surface area contributed by atoms with Crippen LogP contribution in [0.2, 0.25) is 0 Å². The summed E-state index contributed by atoms with van der Waals surface area (Å²) in [5.74, 6) is 0.676. The highest BCUT2D eigenvalue weighted by Crippen LogP contribution is 2.20. The number of carbonyl (C=O) groups excluding carboxylic acids is 1. The van der Waals surface area contributed by atoms with Crippen molar-refractivity contribution in [1.29, 1.82) is 0 Å². The van der Waals surface area contributed by atoms with Gasteiger partial charge in [0.15, 0.2) is 11.6 Å². The number of nitrogens with zero attached hydrogens (tertiary/aromatic N) is 2. The fourth-order valence-electron chi connectivity index (χ4n) is 3.38. The van der Waals surface area contributed by atoms with E-state index in [-0.39, 0.29) is 11.8 Å². The molecule has 0 bridgehead atoms. The number of H-pyrrole nitrogens is 1. The average molecular weight is 339 g/mol. The summed E-state index contributed by atoms with van der Waals surface area (Å²) >= 11 is 0. The highest BCUT2D eigenvalue weighted by Gasteiger charge is 2.25. The third-order valence-corrected chi connectivity index (χ3v) is 4.61. The zero-order valence-corrected chi connectivity index (χ0v) is 14.2. The number of oxazole rings is 1. The number of benzene rings is 1. The molecule has 6 nitrogen and oxygen atoms in total. The zero-order valence-electron chi connectivity index (χ0n) is 14.2. The lowest BCUT2D eigenvalue weighted by Gasteiger charge is -2.22. The molecule has 0 aliphatic carbocycles. The lowest BCUT2D eigenvalue weighted by Crippen LogP contribution is -2.36. The quantitative estimate of drug-likeness (QED) is 0.796. The van der Waals surface area contributed by atoms with Crippen LogP contribution < -0.4 is 0 Å². The minimum absolute atomic E-state index is 0.0894. The van der Waals surface area contributed by atoms with Gasteiger partial charge >= 0.3 is 0 Å². The molecule has 3 heterocycles. The second kappa shape index (κ2) is 6.72. The van der Waals surface area contributed by atoms with Crippen LogP contribution in [0.3, 0.4) is 0 Å². The van der Waals surface area contributed by atoms with E-state index < -0.39 is 0 Å². The molecular formula is C19H21N3O3. The molecule has 1 aliphatic rings. The van der Waals surface area contributed by atoms with Gasteiger partial charge in [0.05, 0.1) is 13.2 Å². The van der Waals surface area contributed by atoms with Crippen LogP contribution in [0.1, 0.15) is 21.9 Å². The second-order valence-corrected chi connectivity index (χ2v) is 6.55. The first-order valence-corrected chi connectivity index (χ1v) is 8.54. The summed E-state index contributed by atoms with van der Waals surface area (Å²) in [6.45, 7) is 4.19. The van der Waals surface area contributed by atoms with E-state index in [1.807, 2.05) is 11.1 Å². The van der Waals surface area contributed by atoms with Crippen LogP contribution in [-0.2, 0) is 11.2 Å². The van der Waals surface area contributed by atoms with Crippen molar-refractivity contribution in [2.24, 2.45) is 5.92 Å². The summed E-state index contributed by atoms with van der Waals surface area (Å²) in [4.78, 5) is 21.8. The predicted molar refractivity (Wildman–Crippen MR) is 93.5 cm³/mol. The van der Waals surface area contributed by atoms with Crippen LogP contribution in [-0.4, -0.2) is 47.1 Å². The second-order valence-electron chi connectivity index (χ2n) is 6.55. The van der Waals surface area contributed by atoms with Gasteiger partial charge in [-0.15, -0.1) is 0 Å². The molecule has 1 N–H and O–H groups in total. The summed E-state index contributed by atoms with van der Waals surface area (Å²) in [5, 5.41) is 1.21. The maximum atomic E-state index is 12.6. The Bertz CT molecular complexity index is 883. The number of amides is 1. The number of aromatic amines is 1. The number of ether oxygens (including phenoxy) is 1. The Morgan fingerprint density at radius 3 is 3.16 bits per heavy atom. The molecule has 1 atom stereocenters. The number of aromatic nitrogens is 2. The van der Waals surface area contributed by atoms with Gasteiger partial charge in [0.2, 0.25) is 0 Å². The number of hydrogen-bond acceptors (Lipinski definition) is 4. The Balaban J connectivity index is 1.48. The van der Waals surface area contributed by atoms with Crippen molar-refractivity contribution in [3.8, 4) is 0 Å². The molecular weight excluding hydrogens is 318 g/mol. The lowest BCUT2D eigenvalue weighted by atomic mass is 9.98. The monoisotopic (exact) mass is 339 g/mol. The first kappa shape index (κ1) is 15.9. The summed E-state index contributed by atoms with van der Waals surface area (Å²) in [6, 6.07) is 8.51. The molecule has 0 radical (unpaired) electrons. The molecule has 25 heavy (non-hydrogen) atoms. The van der Waals surface area contributed by atoms with E-state index in [1.54, 1.807) is 6.92 Å². The first-order valence-electron chi connectivity index (χ1n) is 8.54. The van der Waals surface area contributed by atoms with Gasteiger partial charge in [-0.1, -0.05) is 6.07 Å². The summed E-state index contributed by atoms with van der Waals surface area (Å²) in [6.07, 6.45) is 4.25. The molecule has 1 aromatic carbocycles. The van der Waals surface area contributed by atoms with E-state index in [4.69, 9.17) is 9.15 Å². The standard InChI is InChI=1S/C19H21N3O3/c1-13-21-18(12-25-13)19(23)22-6-7-24-11-15(10-22)8-14-2-3-17-16(9-14)4-5-20-17/h2-5,9,12,15,20H,6-8,10-11H2,1H3/t15-/m1/s1. The van der Waals surface area contributed by atoms with Gasteiger partial charge in [-0.2, -0.15) is 0 Å². The highest BCUT2D eigenvalue weighted by atomic mass is 16.5. The van der Waals surface area contributed by atoms with E-state index in [2.05, 4.69) is 34.2 Å². The van der Waals surface area contributed by atoms with Crippen molar-refractivity contribution in [3.63, 3.8) is 0 Å². The Hall–Kier alpha value is -2.60. The number of rotatable bonds is 3. The van der Waals surface area contributed by atoms with Gasteiger partial charge in [0.1, 0.15) is 6.26 Å². The molecule has 0 spiro atoms. The number of hydrogen-bond donors (Lipinski definition) is 1. The van der Waals surface area contributed by atoms with Gasteiger partial charge in [-0.05, 0) is 35.6 Å². The van der Waals surface area contributed by atoms with Crippen molar-refractivity contribution < 1.29 is 13.9 Å².